The van der Waals surface area contributed by atoms with E-state index in [9.17, 15) is 4.79 Å². The lowest BCUT2D eigenvalue weighted by Gasteiger charge is -2.34. The lowest BCUT2D eigenvalue weighted by molar-refractivity contribution is -0.135. The zero-order valence-electron chi connectivity index (χ0n) is 17.7. The van der Waals surface area contributed by atoms with Crippen molar-refractivity contribution in [2.45, 2.75) is 65.8 Å². The fraction of sp³-hybridized carbons (Fsp3) is 0.789. The maximum atomic E-state index is 12.1. The summed E-state index contributed by atoms with van der Waals surface area (Å²) >= 11 is 0. The summed E-state index contributed by atoms with van der Waals surface area (Å²) in [5, 5.41) is 10.8. The molecule has 1 aliphatic heterocycles. The molecule has 1 aliphatic rings. The van der Waals surface area contributed by atoms with E-state index in [-0.39, 0.29) is 41.7 Å². The molecule has 2 N–H and O–H groups in total. The van der Waals surface area contributed by atoms with Gasteiger partial charge in [0.1, 0.15) is 0 Å². The molecule has 28 heavy (non-hydrogen) atoms. The molecule has 0 saturated carbocycles. The molecular formula is C19H35IN6O2. The number of carbonyl (C=O) groups excluding carboxylic acids is 1. The largest absolute Gasteiger partial charge is 0.357 e. The molecule has 1 fully saturated rings. The van der Waals surface area contributed by atoms with Crippen LogP contribution in [0.25, 0.3) is 0 Å². The van der Waals surface area contributed by atoms with Gasteiger partial charge in [-0.2, -0.15) is 4.98 Å². The number of piperidine rings is 1. The van der Waals surface area contributed by atoms with Crippen molar-refractivity contribution in [1.29, 1.82) is 0 Å². The number of rotatable bonds is 7. The number of guanidine groups is 1. The third-order valence-electron chi connectivity index (χ3n) is 4.58. The summed E-state index contributed by atoms with van der Waals surface area (Å²) in [6.45, 7) is 13.0. The van der Waals surface area contributed by atoms with Crippen LogP contribution >= 0.6 is 24.0 Å². The van der Waals surface area contributed by atoms with Crippen molar-refractivity contribution in [2.75, 3.05) is 26.2 Å². The number of hydrogen-bond acceptors (Lipinski definition) is 5. The number of nitrogens with one attached hydrogen (secondary N) is 2. The van der Waals surface area contributed by atoms with Crippen LogP contribution in [0.1, 0.15) is 65.1 Å². The van der Waals surface area contributed by atoms with Crippen molar-refractivity contribution in [3.05, 3.63) is 11.7 Å². The summed E-state index contributed by atoms with van der Waals surface area (Å²) < 4.78 is 5.26. The molecule has 160 valence electrons. The maximum absolute atomic E-state index is 12.1. The fourth-order valence-corrected chi connectivity index (χ4v) is 2.99. The van der Waals surface area contributed by atoms with Crippen molar-refractivity contribution in [3.8, 4) is 0 Å². The van der Waals surface area contributed by atoms with Gasteiger partial charge in [-0.15, -0.1) is 24.0 Å². The highest BCUT2D eigenvalue weighted by atomic mass is 127. The normalized spacial score (nSPS) is 15.7. The topological polar surface area (TPSA) is 95.7 Å². The molecule has 0 radical (unpaired) electrons. The summed E-state index contributed by atoms with van der Waals surface area (Å²) in [5.74, 6) is 2.73. The minimum absolute atomic E-state index is 0. The third kappa shape index (κ3) is 7.56. The average Bonchev–Trinajstić information content (AvgIpc) is 3.11. The van der Waals surface area contributed by atoms with Gasteiger partial charge in [-0.3, -0.25) is 9.79 Å². The summed E-state index contributed by atoms with van der Waals surface area (Å²) in [6.07, 6.45) is 2.49. The smallest absolute Gasteiger partial charge is 0.228 e. The van der Waals surface area contributed by atoms with E-state index in [1.165, 1.54) is 0 Å². The quantitative estimate of drug-likeness (QED) is 0.335. The molecule has 0 unspecified atom stereocenters. The molecule has 8 nitrogen and oxygen atoms in total. The van der Waals surface area contributed by atoms with Crippen LogP contribution in [-0.2, 0) is 11.2 Å². The zero-order valence-corrected chi connectivity index (χ0v) is 20.0. The first-order valence-corrected chi connectivity index (χ1v) is 10.1. The number of nitrogens with zero attached hydrogens (tertiary/aromatic N) is 4. The molecule has 0 bridgehead atoms. The Morgan fingerprint density at radius 3 is 2.50 bits per heavy atom. The van der Waals surface area contributed by atoms with Gasteiger partial charge < -0.3 is 20.1 Å². The van der Waals surface area contributed by atoms with Crippen LogP contribution in [-0.4, -0.2) is 59.1 Å². The molecule has 0 aliphatic carbocycles. The number of halogens is 1. The molecule has 1 amide bonds. The molecule has 0 spiro atoms. The highest BCUT2D eigenvalue weighted by Crippen LogP contribution is 2.13. The highest BCUT2D eigenvalue weighted by Gasteiger charge is 2.24. The van der Waals surface area contributed by atoms with Gasteiger partial charge in [0.15, 0.2) is 11.8 Å². The number of likely N-dealkylation sites (tertiary alicyclic amines) is 1. The van der Waals surface area contributed by atoms with Gasteiger partial charge in [0.05, 0.1) is 6.54 Å². The number of aromatic nitrogens is 2. The minimum atomic E-state index is 0. The Kier molecular flexibility index (Phi) is 10.8. The van der Waals surface area contributed by atoms with Crippen LogP contribution in [0.2, 0.25) is 0 Å². The van der Waals surface area contributed by atoms with Crippen molar-refractivity contribution in [2.24, 2.45) is 10.9 Å². The van der Waals surface area contributed by atoms with Crippen LogP contribution in [0.3, 0.4) is 0 Å². The van der Waals surface area contributed by atoms with E-state index in [1.54, 1.807) is 0 Å². The first-order valence-electron chi connectivity index (χ1n) is 10.1. The van der Waals surface area contributed by atoms with Crippen LogP contribution in [0.15, 0.2) is 9.52 Å². The van der Waals surface area contributed by atoms with E-state index in [1.807, 2.05) is 39.5 Å². The van der Waals surface area contributed by atoms with Gasteiger partial charge in [0.25, 0.3) is 0 Å². The molecule has 0 atom stereocenters. The number of aliphatic imine (C=N–C) groups is 1. The minimum Gasteiger partial charge on any atom is -0.357 e. The van der Waals surface area contributed by atoms with Gasteiger partial charge in [-0.1, -0.05) is 32.9 Å². The molecule has 1 saturated heterocycles. The highest BCUT2D eigenvalue weighted by molar-refractivity contribution is 14.0. The van der Waals surface area contributed by atoms with Crippen molar-refractivity contribution >= 4 is 35.8 Å². The fourth-order valence-electron chi connectivity index (χ4n) is 2.99. The Balaban J connectivity index is 0.00000392. The Morgan fingerprint density at radius 2 is 1.96 bits per heavy atom. The second kappa shape index (κ2) is 12.2. The van der Waals surface area contributed by atoms with E-state index >= 15 is 0 Å². The lowest BCUT2D eigenvalue weighted by atomic mass is 10.0. The lowest BCUT2D eigenvalue weighted by Crippen LogP contribution is -2.50. The average molecular weight is 506 g/mol. The van der Waals surface area contributed by atoms with Crippen molar-refractivity contribution in [1.82, 2.24) is 25.7 Å². The van der Waals surface area contributed by atoms with Crippen LogP contribution in [0.5, 0.6) is 0 Å². The van der Waals surface area contributed by atoms with E-state index in [4.69, 9.17) is 4.52 Å². The van der Waals surface area contributed by atoms with Gasteiger partial charge in [-0.25, -0.2) is 0 Å². The third-order valence-corrected chi connectivity index (χ3v) is 4.58. The van der Waals surface area contributed by atoms with E-state index in [0.717, 1.165) is 44.3 Å². The maximum Gasteiger partial charge on any atom is 0.228 e. The summed E-state index contributed by atoms with van der Waals surface area (Å²) in [6, 6.07) is 0.329. The monoisotopic (exact) mass is 506 g/mol. The molecule has 9 heteroatoms. The Morgan fingerprint density at radius 1 is 1.29 bits per heavy atom. The molecule has 0 aromatic carbocycles. The van der Waals surface area contributed by atoms with Crippen LogP contribution in [0.4, 0.5) is 0 Å². The van der Waals surface area contributed by atoms with Gasteiger partial charge in [0.2, 0.25) is 11.8 Å². The summed E-state index contributed by atoms with van der Waals surface area (Å²) in [4.78, 5) is 23.1. The predicted molar refractivity (Wildman–Crippen MR) is 121 cm³/mol. The van der Waals surface area contributed by atoms with Gasteiger partial charge in [0, 0.05) is 43.9 Å². The Bertz CT molecular complexity index is 624. The second-order valence-corrected chi connectivity index (χ2v) is 7.61. The van der Waals surface area contributed by atoms with E-state index in [2.05, 4.69) is 25.8 Å². The van der Waals surface area contributed by atoms with E-state index < -0.39 is 0 Å². The SMILES string of the molecule is CCNC(=NCCc1nc(C(C)C)no1)NC1CCN(C(=O)C(C)C)CC1.I. The Hall–Kier alpha value is -1.39. The standard InChI is InChI=1S/C19H34N6O2.HI/c1-6-20-19(21-10-7-16-23-17(13(2)3)24-27-16)22-15-8-11-25(12-9-15)18(26)14(4)5;/h13-15H,6-12H2,1-5H3,(H2,20,21,22);1H. The van der Waals surface area contributed by atoms with Crippen LogP contribution in [0, 0.1) is 5.92 Å². The molecule has 2 rings (SSSR count). The molecule has 1 aromatic heterocycles. The number of amides is 1. The van der Waals surface area contributed by atoms with Crippen molar-refractivity contribution in [3.63, 3.8) is 0 Å². The number of carbonyl (C=O) groups is 1. The molecular weight excluding hydrogens is 471 g/mol. The summed E-state index contributed by atoms with van der Waals surface area (Å²) in [7, 11) is 0. The first-order chi connectivity index (χ1) is 12.9. The van der Waals surface area contributed by atoms with Crippen LogP contribution < -0.4 is 10.6 Å². The predicted octanol–water partition coefficient (Wildman–Crippen LogP) is 2.56. The van der Waals surface area contributed by atoms with Crippen molar-refractivity contribution < 1.29 is 9.32 Å². The Labute approximate surface area is 185 Å². The molecule has 2 heterocycles. The number of hydrogen-bond donors (Lipinski definition) is 2. The van der Waals surface area contributed by atoms with Gasteiger partial charge in [-0.05, 0) is 19.8 Å². The molecule has 1 aromatic rings. The summed E-state index contributed by atoms with van der Waals surface area (Å²) in [5.41, 5.74) is 0. The van der Waals surface area contributed by atoms with Gasteiger partial charge >= 0.3 is 0 Å². The van der Waals surface area contributed by atoms with E-state index in [0.29, 0.717) is 24.9 Å². The first kappa shape index (κ1) is 24.6. The zero-order chi connectivity index (χ0) is 19.8. The second-order valence-electron chi connectivity index (χ2n) is 7.61.